The normalized spacial score (nSPS) is 12.8. The molecule has 2 rings (SSSR count). The number of carboxylic acid groups (broad SMARTS) is 1. The Labute approximate surface area is 131 Å². The van der Waals surface area contributed by atoms with Gasteiger partial charge in [-0.2, -0.15) is 0 Å². The SMILES string of the molecule is O=C(O)C[C@@H](NS(=O)(=O)c1ccccc1F)c1ccc(F)cc1. The lowest BCUT2D eigenvalue weighted by molar-refractivity contribution is -0.137. The van der Waals surface area contributed by atoms with Gasteiger partial charge in [0.1, 0.15) is 16.5 Å². The maximum Gasteiger partial charge on any atom is 0.305 e. The molecule has 5 nitrogen and oxygen atoms in total. The Kier molecular flexibility index (Phi) is 5.07. The Morgan fingerprint density at radius 3 is 2.26 bits per heavy atom. The molecule has 8 heteroatoms. The molecule has 0 aliphatic carbocycles. The second-order valence-corrected chi connectivity index (χ2v) is 6.44. The Hall–Kier alpha value is -2.32. The Bertz CT molecular complexity index is 806. The number of benzene rings is 2. The summed E-state index contributed by atoms with van der Waals surface area (Å²) in [7, 11) is -4.28. The zero-order valence-corrected chi connectivity index (χ0v) is 12.6. The van der Waals surface area contributed by atoms with E-state index >= 15 is 0 Å². The number of carbonyl (C=O) groups is 1. The first-order chi connectivity index (χ1) is 10.8. The van der Waals surface area contributed by atoms with Gasteiger partial charge >= 0.3 is 5.97 Å². The third-order valence-corrected chi connectivity index (χ3v) is 4.58. The van der Waals surface area contributed by atoms with E-state index in [9.17, 15) is 22.0 Å². The molecule has 0 aliphatic heterocycles. The topological polar surface area (TPSA) is 83.5 Å². The molecule has 0 saturated carbocycles. The summed E-state index contributed by atoms with van der Waals surface area (Å²) in [5.74, 6) is -2.75. The van der Waals surface area contributed by atoms with Crippen molar-refractivity contribution in [2.24, 2.45) is 0 Å². The van der Waals surface area contributed by atoms with Crippen molar-refractivity contribution >= 4 is 16.0 Å². The molecular weight excluding hydrogens is 328 g/mol. The van der Waals surface area contributed by atoms with Crippen LogP contribution in [0.3, 0.4) is 0 Å². The third-order valence-electron chi connectivity index (χ3n) is 3.07. The van der Waals surface area contributed by atoms with Crippen molar-refractivity contribution < 1.29 is 27.1 Å². The molecule has 2 N–H and O–H groups in total. The van der Waals surface area contributed by atoms with Crippen molar-refractivity contribution in [3.8, 4) is 0 Å². The van der Waals surface area contributed by atoms with Crippen LogP contribution in [0.4, 0.5) is 8.78 Å². The molecule has 2 aromatic rings. The van der Waals surface area contributed by atoms with Crippen molar-refractivity contribution in [1.29, 1.82) is 0 Å². The Morgan fingerprint density at radius 1 is 1.09 bits per heavy atom. The van der Waals surface area contributed by atoms with Crippen LogP contribution in [0, 0.1) is 11.6 Å². The van der Waals surface area contributed by atoms with Crippen LogP contribution >= 0.6 is 0 Å². The fourth-order valence-electron chi connectivity index (χ4n) is 2.01. The van der Waals surface area contributed by atoms with Gasteiger partial charge < -0.3 is 5.11 Å². The average molecular weight is 341 g/mol. The molecule has 2 aromatic carbocycles. The number of carboxylic acids is 1. The quantitative estimate of drug-likeness (QED) is 0.845. The van der Waals surface area contributed by atoms with Crippen molar-refractivity contribution in [2.75, 3.05) is 0 Å². The lowest BCUT2D eigenvalue weighted by Crippen LogP contribution is -2.30. The molecule has 0 fully saturated rings. The van der Waals surface area contributed by atoms with Crippen molar-refractivity contribution in [3.63, 3.8) is 0 Å². The molecule has 0 aliphatic rings. The first-order valence-corrected chi connectivity index (χ1v) is 8.02. The van der Waals surface area contributed by atoms with Gasteiger partial charge in [-0.25, -0.2) is 21.9 Å². The lowest BCUT2D eigenvalue weighted by Gasteiger charge is -2.18. The van der Waals surface area contributed by atoms with E-state index in [2.05, 4.69) is 4.72 Å². The number of nitrogens with one attached hydrogen (secondary N) is 1. The number of rotatable bonds is 6. The summed E-state index contributed by atoms with van der Waals surface area (Å²) in [4.78, 5) is 10.4. The van der Waals surface area contributed by atoms with E-state index in [0.29, 0.717) is 0 Å². The smallest absolute Gasteiger partial charge is 0.305 e. The van der Waals surface area contributed by atoms with Crippen LogP contribution < -0.4 is 4.72 Å². The first-order valence-electron chi connectivity index (χ1n) is 6.54. The van der Waals surface area contributed by atoms with Gasteiger partial charge in [0.25, 0.3) is 0 Å². The molecule has 0 radical (unpaired) electrons. The molecule has 0 amide bonds. The summed E-state index contributed by atoms with van der Waals surface area (Å²) in [5, 5.41) is 8.94. The fourth-order valence-corrected chi connectivity index (χ4v) is 3.31. The van der Waals surface area contributed by atoms with E-state index in [1.54, 1.807) is 0 Å². The molecule has 0 bridgehead atoms. The minimum atomic E-state index is -4.28. The summed E-state index contributed by atoms with van der Waals surface area (Å²) in [6.07, 6.45) is -0.570. The number of halogens is 2. The minimum absolute atomic E-state index is 0.258. The largest absolute Gasteiger partial charge is 0.481 e. The Morgan fingerprint density at radius 2 is 1.70 bits per heavy atom. The van der Waals surface area contributed by atoms with Gasteiger partial charge in [-0.3, -0.25) is 4.79 Å². The van der Waals surface area contributed by atoms with Crippen LogP contribution in [0.2, 0.25) is 0 Å². The van der Waals surface area contributed by atoms with Gasteiger partial charge in [-0.1, -0.05) is 24.3 Å². The average Bonchev–Trinajstić information content (AvgIpc) is 2.47. The summed E-state index contributed by atoms with van der Waals surface area (Å²) in [6, 6.07) is 8.30. The molecule has 0 spiro atoms. The minimum Gasteiger partial charge on any atom is -0.481 e. The highest BCUT2D eigenvalue weighted by atomic mass is 32.2. The van der Waals surface area contributed by atoms with Crippen LogP contribution in [0.15, 0.2) is 53.4 Å². The molecule has 1 atom stereocenters. The zero-order valence-electron chi connectivity index (χ0n) is 11.7. The van der Waals surface area contributed by atoms with E-state index in [0.717, 1.165) is 24.3 Å². The zero-order chi connectivity index (χ0) is 17.0. The molecule has 122 valence electrons. The van der Waals surface area contributed by atoms with Gasteiger partial charge in [-0.05, 0) is 29.8 Å². The van der Waals surface area contributed by atoms with Gasteiger partial charge in [-0.15, -0.1) is 0 Å². The summed E-state index contributed by atoms with van der Waals surface area (Å²) < 4.78 is 53.3. The lowest BCUT2D eigenvalue weighted by atomic mass is 10.1. The number of sulfonamides is 1. The van der Waals surface area contributed by atoms with E-state index < -0.39 is 45.0 Å². The maximum absolute atomic E-state index is 13.7. The molecular formula is C15H13F2NO4S. The van der Waals surface area contributed by atoms with Crippen LogP contribution in [0.25, 0.3) is 0 Å². The van der Waals surface area contributed by atoms with Gasteiger partial charge in [0, 0.05) is 0 Å². The van der Waals surface area contributed by atoms with Crippen molar-refractivity contribution in [1.82, 2.24) is 4.72 Å². The molecule has 0 aromatic heterocycles. The molecule has 0 unspecified atom stereocenters. The molecule has 0 saturated heterocycles. The van der Waals surface area contributed by atoms with E-state index in [1.807, 2.05) is 0 Å². The van der Waals surface area contributed by atoms with Crippen LogP contribution in [0.5, 0.6) is 0 Å². The summed E-state index contributed by atoms with van der Waals surface area (Å²) in [6.45, 7) is 0. The van der Waals surface area contributed by atoms with Crippen LogP contribution in [-0.2, 0) is 14.8 Å². The van der Waals surface area contributed by atoms with Gasteiger partial charge in [0.05, 0.1) is 12.5 Å². The summed E-state index contributed by atoms with van der Waals surface area (Å²) in [5.41, 5.74) is 0.258. The van der Waals surface area contributed by atoms with E-state index in [1.165, 1.54) is 24.3 Å². The van der Waals surface area contributed by atoms with Crippen molar-refractivity contribution in [2.45, 2.75) is 17.4 Å². The van der Waals surface area contributed by atoms with Crippen LogP contribution in [0.1, 0.15) is 18.0 Å². The standard InChI is InChI=1S/C15H13F2NO4S/c16-11-7-5-10(6-8-11)13(9-15(19)20)18-23(21,22)14-4-2-1-3-12(14)17/h1-8,13,18H,9H2,(H,19,20)/t13-/m1/s1. The molecule has 0 heterocycles. The van der Waals surface area contributed by atoms with Gasteiger partial charge in [0.2, 0.25) is 10.0 Å². The highest BCUT2D eigenvalue weighted by Gasteiger charge is 2.25. The van der Waals surface area contributed by atoms with Crippen molar-refractivity contribution in [3.05, 3.63) is 65.7 Å². The van der Waals surface area contributed by atoms with Gasteiger partial charge in [0.15, 0.2) is 0 Å². The number of hydrogen-bond acceptors (Lipinski definition) is 3. The predicted octanol–water partition coefficient (Wildman–Crippen LogP) is 2.46. The predicted molar refractivity (Wildman–Crippen MR) is 78.1 cm³/mol. The second-order valence-electron chi connectivity index (χ2n) is 4.75. The van der Waals surface area contributed by atoms with E-state index in [4.69, 9.17) is 5.11 Å². The number of hydrogen-bond donors (Lipinski definition) is 2. The second kappa shape index (κ2) is 6.84. The highest BCUT2D eigenvalue weighted by Crippen LogP contribution is 2.22. The molecule has 23 heavy (non-hydrogen) atoms. The Balaban J connectivity index is 2.36. The number of aliphatic carboxylic acids is 1. The maximum atomic E-state index is 13.7. The first kappa shape index (κ1) is 17.0. The summed E-state index contributed by atoms with van der Waals surface area (Å²) >= 11 is 0. The fraction of sp³-hybridized carbons (Fsp3) is 0.133. The highest BCUT2D eigenvalue weighted by molar-refractivity contribution is 7.89. The van der Waals surface area contributed by atoms with E-state index in [-0.39, 0.29) is 5.56 Å². The third kappa shape index (κ3) is 4.33. The monoisotopic (exact) mass is 341 g/mol. The van der Waals surface area contributed by atoms with Crippen LogP contribution in [-0.4, -0.2) is 19.5 Å².